The van der Waals surface area contributed by atoms with Gasteiger partial charge >= 0.3 is 0 Å². The van der Waals surface area contributed by atoms with Crippen LogP contribution in [-0.4, -0.2) is 27.8 Å². The van der Waals surface area contributed by atoms with Gasteiger partial charge in [-0.05, 0) is 19.1 Å². The molecule has 0 unspecified atom stereocenters. The first-order valence-electron chi connectivity index (χ1n) is 5.44. The van der Waals surface area contributed by atoms with Gasteiger partial charge in [-0.2, -0.15) is 0 Å². The van der Waals surface area contributed by atoms with Gasteiger partial charge in [0.25, 0.3) is 5.91 Å². The Morgan fingerprint density at radius 2 is 2.22 bits per heavy atom. The summed E-state index contributed by atoms with van der Waals surface area (Å²) in [4.78, 5) is 23.0. The van der Waals surface area contributed by atoms with E-state index in [2.05, 4.69) is 9.97 Å². The van der Waals surface area contributed by atoms with Crippen molar-refractivity contribution in [3.05, 3.63) is 40.1 Å². The number of nitrogens with zero attached hydrogens (tertiary/aromatic N) is 3. The van der Waals surface area contributed by atoms with Crippen molar-refractivity contribution in [2.45, 2.75) is 13.5 Å². The summed E-state index contributed by atoms with van der Waals surface area (Å²) in [6, 6.07) is 3.31. The molecule has 0 aliphatic rings. The number of carbonyl (C=O) groups is 1. The Balaban J connectivity index is 2.09. The van der Waals surface area contributed by atoms with Crippen molar-refractivity contribution < 1.29 is 4.79 Å². The van der Waals surface area contributed by atoms with Gasteiger partial charge in [-0.1, -0.05) is 0 Å². The molecule has 6 heteroatoms. The van der Waals surface area contributed by atoms with E-state index in [1.165, 1.54) is 6.20 Å². The van der Waals surface area contributed by atoms with E-state index >= 15 is 0 Å². The number of hydrogen-bond donors (Lipinski definition) is 1. The Labute approximate surface area is 109 Å². The highest BCUT2D eigenvalue weighted by molar-refractivity contribution is 7.09. The number of aromatic nitrogens is 2. The highest BCUT2D eigenvalue weighted by Crippen LogP contribution is 2.15. The SMILES string of the molecule is Cc1ncsc1CN(C)C(=O)c1ccc(N)cn1. The molecule has 0 bridgehead atoms. The van der Waals surface area contributed by atoms with Crippen molar-refractivity contribution in [3.8, 4) is 0 Å². The molecule has 0 aromatic carbocycles. The Bertz CT molecular complexity index is 549. The number of anilines is 1. The molecule has 94 valence electrons. The number of thiazole rings is 1. The zero-order chi connectivity index (χ0) is 13.1. The van der Waals surface area contributed by atoms with Crippen LogP contribution in [0.3, 0.4) is 0 Å². The van der Waals surface area contributed by atoms with Crippen LogP contribution in [-0.2, 0) is 6.54 Å². The summed E-state index contributed by atoms with van der Waals surface area (Å²) in [6.45, 7) is 2.48. The van der Waals surface area contributed by atoms with Crippen molar-refractivity contribution in [1.82, 2.24) is 14.9 Å². The van der Waals surface area contributed by atoms with E-state index in [9.17, 15) is 4.79 Å². The van der Waals surface area contributed by atoms with Crippen LogP contribution in [0.5, 0.6) is 0 Å². The Kier molecular flexibility index (Phi) is 3.57. The van der Waals surface area contributed by atoms with Gasteiger partial charge in [-0.15, -0.1) is 11.3 Å². The van der Waals surface area contributed by atoms with Crippen LogP contribution in [0.2, 0.25) is 0 Å². The molecule has 0 atom stereocenters. The van der Waals surface area contributed by atoms with Gasteiger partial charge < -0.3 is 10.6 Å². The number of hydrogen-bond acceptors (Lipinski definition) is 5. The smallest absolute Gasteiger partial charge is 0.272 e. The molecular weight excluding hydrogens is 248 g/mol. The molecule has 0 radical (unpaired) electrons. The Morgan fingerprint density at radius 1 is 1.44 bits per heavy atom. The van der Waals surface area contributed by atoms with Gasteiger partial charge in [-0.25, -0.2) is 9.97 Å². The standard InChI is InChI=1S/C12H14N4OS/c1-8-11(18-7-15-8)6-16(2)12(17)10-4-3-9(13)5-14-10/h3-5,7H,6,13H2,1-2H3. The monoisotopic (exact) mass is 262 g/mol. The van der Waals surface area contributed by atoms with Crippen molar-refractivity contribution in [1.29, 1.82) is 0 Å². The van der Waals surface area contributed by atoms with Crippen molar-refractivity contribution in [3.63, 3.8) is 0 Å². The maximum atomic E-state index is 12.1. The first-order valence-corrected chi connectivity index (χ1v) is 6.32. The number of pyridine rings is 1. The fourth-order valence-corrected chi connectivity index (χ4v) is 2.32. The van der Waals surface area contributed by atoms with E-state index in [0.717, 1.165) is 10.6 Å². The minimum Gasteiger partial charge on any atom is -0.397 e. The highest BCUT2D eigenvalue weighted by atomic mass is 32.1. The number of nitrogens with two attached hydrogens (primary N) is 1. The zero-order valence-corrected chi connectivity index (χ0v) is 11.1. The summed E-state index contributed by atoms with van der Waals surface area (Å²) in [6.07, 6.45) is 1.49. The average Bonchev–Trinajstić information content (AvgIpc) is 2.75. The molecule has 0 aliphatic heterocycles. The number of rotatable bonds is 3. The molecule has 0 spiro atoms. The van der Waals surface area contributed by atoms with Crippen molar-refractivity contribution >= 4 is 22.9 Å². The third-order valence-corrected chi connectivity index (χ3v) is 3.50. The maximum Gasteiger partial charge on any atom is 0.272 e. The third kappa shape index (κ3) is 2.65. The van der Waals surface area contributed by atoms with Gasteiger partial charge in [0.15, 0.2) is 0 Å². The second kappa shape index (κ2) is 5.14. The van der Waals surface area contributed by atoms with Gasteiger partial charge in [0.05, 0.1) is 29.6 Å². The molecule has 1 amide bonds. The van der Waals surface area contributed by atoms with E-state index in [-0.39, 0.29) is 5.91 Å². The molecule has 2 N–H and O–H groups in total. The quantitative estimate of drug-likeness (QED) is 0.913. The zero-order valence-electron chi connectivity index (χ0n) is 10.3. The summed E-state index contributed by atoms with van der Waals surface area (Å²) in [5, 5.41) is 0. The van der Waals surface area contributed by atoms with E-state index in [1.807, 2.05) is 6.92 Å². The molecule has 18 heavy (non-hydrogen) atoms. The topological polar surface area (TPSA) is 72.1 Å². The van der Waals surface area contributed by atoms with Crippen LogP contribution >= 0.6 is 11.3 Å². The van der Waals surface area contributed by atoms with Crippen LogP contribution < -0.4 is 5.73 Å². The highest BCUT2D eigenvalue weighted by Gasteiger charge is 2.14. The van der Waals surface area contributed by atoms with Crippen molar-refractivity contribution in [2.24, 2.45) is 0 Å². The normalized spacial score (nSPS) is 10.3. The molecule has 2 heterocycles. The van der Waals surface area contributed by atoms with Gasteiger partial charge in [0.1, 0.15) is 5.69 Å². The lowest BCUT2D eigenvalue weighted by atomic mass is 10.3. The largest absolute Gasteiger partial charge is 0.397 e. The van der Waals surface area contributed by atoms with E-state index < -0.39 is 0 Å². The van der Waals surface area contributed by atoms with Crippen LogP contribution in [0.15, 0.2) is 23.8 Å². The molecule has 2 rings (SSSR count). The number of amides is 1. The molecule has 0 saturated carbocycles. The summed E-state index contributed by atoms with van der Waals surface area (Å²) >= 11 is 1.55. The van der Waals surface area contributed by atoms with Crippen LogP contribution in [0.1, 0.15) is 21.1 Å². The molecule has 0 fully saturated rings. The molecular formula is C12H14N4OS. The van der Waals surface area contributed by atoms with E-state index in [0.29, 0.717) is 17.9 Å². The first-order chi connectivity index (χ1) is 8.58. The summed E-state index contributed by atoms with van der Waals surface area (Å²) in [7, 11) is 1.75. The number of aryl methyl sites for hydroxylation is 1. The predicted octanol–water partition coefficient (Wildman–Crippen LogP) is 1.70. The fraction of sp³-hybridized carbons (Fsp3) is 0.250. The summed E-state index contributed by atoms with van der Waals surface area (Å²) in [5.41, 5.74) is 9.23. The molecule has 5 nitrogen and oxygen atoms in total. The predicted molar refractivity (Wildman–Crippen MR) is 71.3 cm³/mol. The van der Waals surface area contributed by atoms with Crippen LogP contribution in [0.4, 0.5) is 5.69 Å². The van der Waals surface area contributed by atoms with E-state index in [4.69, 9.17) is 5.73 Å². The third-order valence-electron chi connectivity index (χ3n) is 2.58. The van der Waals surface area contributed by atoms with E-state index in [1.54, 1.807) is 40.9 Å². The second-order valence-electron chi connectivity index (χ2n) is 4.00. The molecule has 2 aromatic heterocycles. The number of carbonyl (C=O) groups excluding carboxylic acids is 1. The first kappa shape index (κ1) is 12.5. The maximum absolute atomic E-state index is 12.1. The summed E-state index contributed by atoms with van der Waals surface area (Å²) in [5.74, 6) is -0.122. The van der Waals surface area contributed by atoms with Crippen LogP contribution in [0.25, 0.3) is 0 Å². The lowest BCUT2D eigenvalue weighted by molar-refractivity contribution is 0.0780. The van der Waals surface area contributed by atoms with Crippen LogP contribution in [0, 0.1) is 6.92 Å². The fourth-order valence-electron chi connectivity index (χ4n) is 1.49. The second-order valence-corrected chi connectivity index (χ2v) is 4.94. The lowest BCUT2D eigenvalue weighted by Crippen LogP contribution is -2.26. The lowest BCUT2D eigenvalue weighted by Gasteiger charge is -2.15. The van der Waals surface area contributed by atoms with Gasteiger partial charge in [-0.3, -0.25) is 4.79 Å². The molecule has 0 aliphatic carbocycles. The van der Waals surface area contributed by atoms with Gasteiger partial charge in [0, 0.05) is 11.9 Å². The Hall–Kier alpha value is -1.95. The minimum atomic E-state index is -0.122. The van der Waals surface area contributed by atoms with Gasteiger partial charge in [0.2, 0.25) is 0 Å². The summed E-state index contributed by atoms with van der Waals surface area (Å²) < 4.78 is 0. The molecule has 0 saturated heterocycles. The van der Waals surface area contributed by atoms with Crippen molar-refractivity contribution in [2.75, 3.05) is 12.8 Å². The minimum absolute atomic E-state index is 0.122. The molecule has 2 aromatic rings. The Morgan fingerprint density at radius 3 is 2.78 bits per heavy atom. The number of nitrogen functional groups attached to an aromatic ring is 1. The average molecular weight is 262 g/mol.